The first-order valence-corrected chi connectivity index (χ1v) is 6.42. The van der Waals surface area contributed by atoms with Gasteiger partial charge in [0.15, 0.2) is 5.82 Å². The predicted molar refractivity (Wildman–Crippen MR) is 77.5 cm³/mol. The van der Waals surface area contributed by atoms with Crippen molar-refractivity contribution in [2.45, 2.75) is 19.6 Å². The van der Waals surface area contributed by atoms with Crippen LogP contribution in [-0.4, -0.2) is 10.0 Å². The SMILES string of the molecule is C[C@@H](O)c1ccc(CNc2ccc([N+](=O)[O-])cc2F)cc1. The van der Waals surface area contributed by atoms with E-state index in [4.69, 9.17) is 0 Å². The van der Waals surface area contributed by atoms with Gasteiger partial charge in [-0.2, -0.15) is 0 Å². The molecule has 0 radical (unpaired) electrons. The molecule has 0 heterocycles. The number of anilines is 1. The first-order chi connectivity index (χ1) is 9.97. The second kappa shape index (κ2) is 6.32. The molecule has 0 saturated carbocycles. The fourth-order valence-corrected chi connectivity index (χ4v) is 1.87. The maximum Gasteiger partial charge on any atom is 0.272 e. The zero-order valence-corrected chi connectivity index (χ0v) is 11.4. The molecule has 0 amide bonds. The molecule has 21 heavy (non-hydrogen) atoms. The van der Waals surface area contributed by atoms with E-state index in [1.807, 2.05) is 12.1 Å². The van der Waals surface area contributed by atoms with Crippen LogP contribution in [0.3, 0.4) is 0 Å². The number of hydrogen-bond acceptors (Lipinski definition) is 4. The molecule has 2 aromatic carbocycles. The smallest absolute Gasteiger partial charge is 0.272 e. The summed E-state index contributed by atoms with van der Waals surface area (Å²) < 4.78 is 13.7. The number of aliphatic hydroxyl groups excluding tert-OH is 1. The number of nitrogens with one attached hydrogen (secondary N) is 1. The number of nitrogens with zero attached hydrogens (tertiary/aromatic N) is 1. The van der Waals surface area contributed by atoms with E-state index in [1.165, 1.54) is 12.1 Å². The number of hydrogen-bond donors (Lipinski definition) is 2. The highest BCUT2D eigenvalue weighted by molar-refractivity contribution is 5.50. The molecule has 0 saturated heterocycles. The van der Waals surface area contributed by atoms with E-state index in [2.05, 4.69) is 5.32 Å². The fourth-order valence-electron chi connectivity index (χ4n) is 1.87. The maximum absolute atomic E-state index is 13.7. The molecular weight excluding hydrogens is 275 g/mol. The summed E-state index contributed by atoms with van der Waals surface area (Å²) in [6.07, 6.45) is -0.529. The lowest BCUT2D eigenvalue weighted by molar-refractivity contribution is -0.385. The van der Waals surface area contributed by atoms with Gasteiger partial charge < -0.3 is 10.4 Å². The van der Waals surface area contributed by atoms with Crippen LogP contribution in [0.5, 0.6) is 0 Å². The van der Waals surface area contributed by atoms with E-state index in [0.717, 1.165) is 17.2 Å². The molecule has 0 aliphatic carbocycles. The predicted octanol–water partition coefficient (Wildman–Crippen LogP) is 3.40. The number of halogens is 1. The number of benzene rings is 2. The van der Waals surface area contributed by atoms with E-state index >= 15 is 0 Å². The molecular formula is C15H15FN2O3. The lowest BCUT2D eigenvalue weighted by atomic mass is 10.1. The van der Waals surface area contributed by atoms with Crippen LogP contribution in [0.4, 0.5) is 15.8 Å². The van der Waals surface area contributed by atoms with Crippen molar-refractivity contribution in [3.05, 3.63) is 69.5 Å². The Bertz CT molecular complexity index is 642. The third-order valence-electron chi connectivity index (χ3n) is 3.11. The zero-order valence-electron chi connectivity index (χ0n) is 11.4. The Balaban J connectivity index is 2.04. The molecule has 0 bridgehead atoms. The van der Waals surface area contributed by atoms with Crippen LogP contribution < -0.4 is 5.32 Å². The van der Waals surface area contributed by atoms with Crippen molar-refractivity contribution < 1.29 is 14.4 Å². The highest BCUT2D eigenvalue weighted by Crippen LogP contribution is 2.21. The number of non-ortho nitro benzene ring substituents is 1. The van der Waals surface area contributed by atoms with Gasteiger partial charge in [0.1, 0.15) is 0 Å². The summed E-state index contributed by atoms with van der Waals surface area (Å²) in [6, 6.07) is 10.7. The Morgan fingerprint density at radius 2 is 1.95 bits per heavy atom. The molecule has 2 rings (SSSR count). The second-order valence-corrected chi connectivity index (χ2v) is 4.69. The standard InChI is InChI=1S/C15H15FN2O3/c1-10(19)12-4-2-11(3-5-12)9-17-15-7-6-13(18(20)21)8-14(15)16/h2-8,10,17,19H,9H2,1H3/t10-/m1/s1. The van der Waals surface area contributed by atoms with Crippen molar-refractivity contribution in [2.24, 2.45) is 0 Å². The van der Waals surface area contributed by atoms with Crippen LogP contribution in [0.2, 0.25) is 0 Å². The normalized spacial score (nSPS) is 12.0. The van der Waals surface area contributed by atoms with Crippen molar-refractivity contribution >= 4 is 11.4 Å². The molecule has 2 N–H and O–H groups in total. The average Bonchev–Trinajstić information content (AvgIpc) is 2.46. The van der Waals surface area contributed by atoms with Crippen LogP contribution in [-0.2, 0) is 6.54 Å². The van der Waals surface area contributed by atoms with E-state index in [0.29, 0.717) is 6.54 Å². The lowest BCUT2D eigenvalue weighted by Gasteiger charge is -2.09. The highest BCUT2D eigenvalue weighted by Gasteiger charge is 2.10. The summed E-state index contributed by atoms with van der Waals surface area (Å²) in [6.45, 7) is 2.06. The Morgan fingerprint density at radius 3 is 2.48 bits per heavy atom. The summed E-state index contributed by atoms with van der Waals surface area (Å²) in [7, 11) is 0. The summed E-state index contributed by atoms with van der Waals surface area (Å²) in [5, 5.41) is 22.8. The van der Waals surface area contributed by atoms with Gasteiger partial charge in [-0.05, 0) is 24.1 Å². The van der Waals surface area contributed by atoms with Crippen LogP contribution in [0, 0.1) is 15.9 Å². The molecule has 0 aromatic heterocycles. The Labute approximate surface area is 121 Å². The average molecular weight is 290 g/mol. The number of rotatable bonds is 5. The Morgan fingerprint density at radius 1 is 1.29 bits per heavy atom. The van der Waals surface area contributed by atoms with Gasteiger partial charge in [-0.3, -0.25) is 10.1 Å². The molecule has 5 nitrogen and oxygen atoms in total. The quantitative estimate of drug-likeness (QED) is 0.653. The molecule has 110 valence electrons. The van der Waals surface area contributed by atoms with Crippen LogP contribution in [0.1, 0.15) is 24.2 Å². The van der Waals surface area contributed by atoms with E-state index in [9.17, 15) is 19.6 Å². The van der Waals surface area contributed by atoms with Crippen molar-refractivity contribution in [3.63, 3.8) is 0 Å². The van der Waals surface area contributed by atoms with Crippen LogP contribution >= 0.6 is 0 Å². The molecule has 1 atom stereocenters. The Kier molecular flexibility index (Phi) is 4.49. The van der Waals surface area contributed by atoms with Crippen LogP contribution in [0.25, 0.3) is 0 Å². The van der Waals surface area contributed by atoms with Gasteiger partial charge in [0.05, 0.1) is 22.8 Å². The summed E-state index contributed by atoms with van der Waals surface area (Å²) in [4.78, 5) is 9.89. The number of nitro benzene ring substituents is 1. The van der Waals surface area contributed by atoms with Crippen LogP contribution in [0.15, 0.2) is 42.5 Å². The van der Waals surface area contributed by atoms with Gasteiger partial charge in [-0.15, -0.1) is 0 Å². The number of nitro groups is 1. The molecule has 0 spiro atoms. The molecule has 0 unspecified atom stereocenters. The largest absolute Gasteiger partial charge is 0.389 e. The fraction of sp³-hybridized carbons (Fsp3) is 0.200. The molecule has 2 aromatic rings. The topological polar surface area (TPSA) is 75.4 Å². The number of aliphatic hydroxyl groups is 1. The van der Waals surface area contributed by atoms with Gasteiger partial charge in [-0.25, -0.2) is 4.39 Å². The lowest BCUT2D eigenvalue weighted by Crippen LogP contribution is -2.02. The van der Waals surface area contributed by atoms with E-state index in [-0.39, 0.29) is 11.4 Å². The summed E-state index contributed by atoms with van der Waals surface area (Å²) >= 11 is 0. The Hall–Kier alpha value is -2.47. The third kappa shape index (κ3) is 3.76. The van der Waals surface area contributed by atoms with Gasteiger partial charge in [0.2, 0.25) is 0 Å². The second-order valence-electron chi connectivity index (χ2n) is 4.69. The van der Waals surface area contributed by atoms with E-state index in [1.54, 1.807) is 19.1 Å². The molecule has 0 aliphatic heterocycles. The van der Waals surface area contributed by atoms with Crippen molar-refractivity contribution in [1.29, 1.82) is 0 Å². The monoisotopic (exact) mass is 290 g/mol. The minimum absolute atomic E-state index is 0.209. The molecule has 6 heteroatoms. The van der Waals surface area contributed by atoms with Gasteiger partial charge in [0.25, 0.3) is 5.69 Å². The van der Waals surface area contributed by atoms with Gasteiger partial charge in [-0.1, -0.05) is 24.3 Å². The molecule has 0 aliphatic rings. The minimum Gasteiger partial charge on any atom is -0.389 e. The van der Waals surface area contributed by atoms with E-state index < -0.39 is 16.8 Å². The first-order valence-electron chi connectivity index (χ1n) is 6.42. The minimum atomic E-state index is -0.662. The zero-order chi connectivity index (χ0) is 15.4. The van der Waals surface area contributed by atoms with Crippen molar-refractivity contribution in [1.82, 2.24) is 0 Å². The summed E-state index contributed by atoms with van der Waals surface area (Å²) in [5.41, 5.74) is 1.65. The van der Waals surface area contributed by atoms with Gasteiger partial charge in [0, 0.05) is 12.6 Å². The van der Waals surface area contributed by atoms with Crippen molar-refractivity contribution in [3.8, 4) is 0 Å². The summed E-state index contributed by atoms with van der Waals surface area (Å²) in [5.74, 6) is -0.662. The van der Waals surface area contributed by atoms with Crippen molar-refractivity contribution in [2.75, 3.05) is 5.32 Å². The third-order valence-corrected chi connectivity index (χ3v) is 3.11. The molecule has 0 fully saturated rings. The van der Waals surface area contributed by atoms with Gasteiger partial charge >= 0.3 is 0 Å². The first kappa shape index (κ1) is 14.9. The highest BCUT2D eigenvalue weighted by atomic mass is 19.1. The maximum atomic E-state index is 13.7.